The Labute approximate surface area is 115 Å². The van der Waals surface area contributed by atoms with E-state index in [0.29, 0.717) is 17.8 Å². The van der Waals surface area contributed by atoms with Crippen LogP contribution in [0.15, 0.2) is 48.5 Å². The number of tetrazole rings is 1. The van der Waals surface area contributed by atoms with Gasteiger partial charge < -0.3 is 0 Å². The minimum absolute atomic E-state index is 0.648. The minimum Gasteiger partial charge on any atom is -0.192 e. The molecule has 3 rings (SSSR count). The van der Waals surface area contributed by atoms with Gasteiger partial charge in [-0.3, -0.25) is 0 Å². The van der Waals surface area contributed by atoms with Crippen molar-refractivity contribution in [2.45, 2.75) is 6.42 Å². The second-order valence-corrected chi connectivity index (χ2v) is 4.39. The molecule has 0 fully saturated rings. The second kappa shape index (κ2) is 5.33. The van der Waals surface area contributed by atoms with E-state index in [1.165, 1.54) is 0 Å². The fraction of sp³-hybridized carbons (Fsp3) is 0.0667. The minimum atomic E-state index is 0.648. The van der Waals surface area contributed by atoms with Crippen molar-refractivity contribution in [2.75, 3.05) is 0 Å². The number of nitrogens with zero attached hydrogens (tertiary/aromatic N) is 4. The molecular formula is C15H11N5. The van der Waals surface area contributed by atoms with Crippen molar-refractivity contribution in [3.05, 3.63) is 65.5 Å². The van der Waals surface area contributed by atoms with Gasteiger partial charge in [0.2, 0.25) is 0 Å². The molecule has 5 heteroatoms. The van der Waals surface area contributed by atoms with E-state index in [1.54, 1.807) is 6.07 Å². The zero-order valence-electron chi connectivity index (χ0n) is 10.6. The molecule has 1 heterocycles. The van der Waals surface area contributed by atoms with E-state index in [-0.39, 0.29) is 0 Å². The molecule has 0 aliphatic heterocycles. The average Bonchev–Trinajstić information content (AvgIpc) is 3.01. The lowest BCUT2D eigenvalue weighted by atomic mass is 10.0. The number of hydrogen-bond donors (Lipinski definition) is 1. The summed E-state index contributed by atoms with van der Waals surface area (Å²) in [7, 11) is 0. The van der Waals surface area contributed by atoms with Crippen molar-refractivity contribution in [3.8, 4) is 17.2 Å². The Balaban J connectivity index is 1.84. The van der Waals surface area contributed by atoms with E-state index in [9.17, 15) is 0 Å². The number of aromatic amines is 1. The Morgan fingerprint density at radius 3 is 2.60 bits per heavy atom. The van der Waals surface area contributed by atoms with Crippen LogP contribution in [0.5, 0.6) is 0 Å². The molecule has 0 saturated carbocycles. The van der Waals surface area contributed by atoms with E-state index < -0.39 is 0 Å². The summed E-state index contributed by atoms with van der Waals surface area (Å²) in [5.74, 6) is 0.671. The Morgan fingerprint density at radius 2 is 1.90 bits per heavy atom. The van der Waals surface area contributed by atoms with Gasteiger partial charge in [-0.05, 0) is 28.8 Å². The topological polar surface area (TPSA) is 78.2 Å². The molecule has 1 aromatic heterocycles. The standard InChI is InChI=1S/C15H11N5/c16-10-12-2-1-3-14(8-12)13-6-4-11(5-7-13)9-15-17-19-20-18-15/h1-8H,9H2,(H,17,18,19,20). The summed E-state index contributed by atoms with van der Waals surface area (Å²) in [4.78, 5) is 0. The molecule has 96 valence electrons. The highest BCUT2D eigenvalue weighted by Gasteiger charge is 2.02. The van der Waals surface area contributed by atoms with Crippen LogP contribution in [0.2, 0.25) is 0 Å². The largest absolute Gasteiger partial charge is 0.192 e. The Morgan fingerprint density at radius 1 is 1.05 bits per heavy atom. The lowest BCUT2D eigenvalue weighted by molar-refractivity contribution is 0.881. The Hall–Kier alpha value is -3.00. The monoisotopic (exact) mass is 261 g/mol. The molecule has 0 spiro atoms. The van der Waals surface area contributed by atoms with Crippen molar-refractivity contribution in [1.29, 1.82) is 5.26 Å². The van der Waals surface area contributed by atoms with Crippen LogP contribution in [-0.4, -0.2) is 20.6 Å². The number of nitrogens with one attached hydrogen (secondary N) is 1. The lowest BCUT2D eigenvalue weighted by Gasteiger charge is -2.03. The van der Waals surface area contributed by atoms with Crippen LogP contribution in [-0.2, 0) is 6.42 Å². The van der Waals surface area contributed by atoms with Gasteiger partial charge in [-0.25, -0.2) is 0 Å². The summed E-state index contributed by atoms with van der Waals surface area (Å²) < 4.78 is 0. The summed E-state index contributed by atoms with van der Waals surface area (Å²) >= 11 is 0. The Kier molecular flexibility index (Phi) is 3.21. The third-order valence-corrected chi connectivity index (χ3v) is 3.03. The first-order chi connectivity index (χ1) is 9.85. The maximum absolute atomic E-state index is 8.92. The summed E-state index contributed by atoms with van der Waals surface area (Å²) in [6.07, 6.45) is 0.648. The molecule has 1 N–H and O–H groups in total. The summed E-state index contributed by atoms with van der Waals surface area (Å²) in [5, 5.41) is 22.8. The van der Waals surface area contributed by atoms with E-state index in [0.717, 1.165) is 16.7 Å². The zero-order chi connectivity index (χ0) is 13.8. The van der Waals surface area contributed by atoms with E-state index >= 15 is 0 Å². The molecule has 0 unspecified atom stereocenters. The van der Waals surface area contributed by atoms with Gasteiger partial charge >= 0.3 is 0 Å². The van der Waals surface area contributed by atoms with Crippen molar-refractivity contribution in [2.24, 2.45) is 0 Å². The highest BCUT2D eigenvalue weighted by molar-refractivity contribution is 5.65. The number of nitriles is 1. The van der Waals surface area contributed by atoms with E-state index in [4.69, 9.17) is 5.26 Å². The molecule has 0 atom stereocenters. The number of aromatic nitrogens is 4. The summed E-state index contributed by atoms with van der Waals surface area (Å²) in [5.41, 5.74) is 3.90. The van der Waals surface area contributed by atoms with Crippen LogP contribution < -0.4 is 0 Å². The van der Waals surface area contributed by atoms with Gasteiger partial charge in [0.25, 0.3) is 0 Å². The number of benzene rings is 2. The first-order valence-corrected chi connectivity index (χ1v) is 6.17. The van der Waals surface area contributed by atoms with Crippen LogP contribution in [0.1, 0.15) is 17.0 Å². The number of hydrogen-bond acceptors (Lipinski definition) is 4. The van der Waals surface area contributed by atoms with E-state index in [2.05, 4.69) is 26.7 Å². The summed E-state index contributed by atoms with van der Waals surface area (Å²) in [6, 6.07) is 17.9. The molecule has 0 aliphatic carbocycles. The predicted octanol–water partition coefficient (Wildman–Crippen LogP) is 2.33. The molecule has 5 nitrogen and oxygen atoms in total. The molecule has 0 bridgehead atoms. The molecule has 20 heavy (non-hydrogen) atoms. The van der Waals surface area contributed by atoms with Gasteiger partial charge in [-0.1, -0.05) is 41.6 Å². The summed E-state index contributed by atoms with van der Waals surface area (Å²) in [6.45, 7) is 0. The third kappa shape index (κ3) is 2.54. The maximum Gasteiger partial charge on any atom is 0.178 e. The van der Waals surface area contributed by atoms with Gasteiger partial charge in [0.15, 0.2) is 5.82 Å². The zero-order valence-corrected chi connectivity index (χ0v) is 10.6. The van der Waals surface area contributed by atoms with Gasteiger partial charge in [-0.2, -0.15) is 10.5 Å². The number of H-pyrrole nitrogens is 1. The van der Waals surface area contributed by atoms with Gasteiger partial charge in [0.05, 0.1) is 11.6 Å². The first-order valence-electron chi connectivity index (χ1n) is 6.17. The normalized spacial score (nSPS) is 10.2. The van der Waals surface area contributed by atoms with Crippen LogP contribution in [0, 0.1) is 11.3 Å². The first kappa shape index (κ1) is 12.1. The second-order valence-electron chi connectivity index (χ2n) is 4.39. The lowest BCUT2D eigenvalue weighted by Crippen LogP contribution is -1.91. The molecule has 3 aromatic rings. The molecule has 0 saturated heterocycles. The fourth-order valence-corrected chi connectivity index (χ4v) is 2.02. The quantitative estimate of drug-likeness (QED) is 0.784. The fourth-order valence-electron chi connectivity index (χ4n) is 2.02. The van der Waals surface area contributed by atoms with Crippen molar-refractivity contribution >= 4 is 0 Å². The van der Waals surface area contributed by atoms with Crippen molar-refractivity contribution in [1.82, 2.24) is 20.6 Å². The van der Waals surface area contributed by atoms with Crippen LogP contribution >= 0.6 is 0 Å². The number of rotatable bonds is 3. The van der Waals surface area contributed by atoms with Gasteiger partial charge in [0.1, 0.15) is 0 Å². The molecule has 0 amide bonds. The van der Waals surface area contributed by atoms with Crippen LogP contribution in [0.25, 0.3) is 11.1 Å². The maximum atomic E-state index is 8.92. The molecule has 0 radical (unpaired) electrons. The van der Waals surface area contributed by atoms with Crippen molar-refractivity contribution < 1.29 is 0 Å². The smallest absolute Gasteiger partial charge is 0.178 e. The average molecular weight is 261 g/mol. The molecule has 2 aromatic carbocycles. The van der Waals surface area contributed by atoms with Crippen LogP contribution in [0.4, 0.5) is 0 Å². The SMILES string of the molecule is N#Cc1cccc(-c2ccc(Cc3nn[nH]n3)cc2)c1. The van der Waals surface area contributed by atoms with Crippen molar-refractivity contribution in [3.63, 3.8) is 0 Å². The highest BCUT2D eigenvalue weighted by atomic mass is 15.5. The highest BCUT2D eigenvalue weighted by Crippen LogP contribution is 2.21. The predicted molar refractivity (Wildman–Crippen MR) is 73.6 cm³/mol. The van der Waals surface area contributed by atoms with E-state index in [1.807, 2.05) is 42.5 Å². The molecule has 0 aliphatic rings. The Bertz CT molecular complexity index is 739. The van der Waals surface area contributed by atoms with Gasteiger partial charge in [-0.15, -0.1) is 10.2 Å². The molecular weight excluding hydrogens is 250 g/mol. The van der Waals surface area contributed by atoms with Crippen LogP contribution in [0.3, 0.4) is 0 Å². The third-order valence-electron chi connectivity index (χ3n) is 3.03. The van der Waals surface area contributed by atoms with Gasteiger partial charge in [0, 0.05) is 6.42 Å².